The van der Waals surface area contributed by atoms with Crippen molar-refractivity contribution in [2.24, 2.45) is 4.40 Å². The molecule has 0 fully saturated rings. The molecule has 0 saturated heterocycles. The number of sulfonamides is 1. The summed E-state index contributed by atoms with van der Waals surface area (Å²) < 4.78 is 54.8. The van der Waals surface area contributed by atoms with E-state index < -0.39 is 26.6 Å². The van der Waals surface area contributed by atoms with Gasteiger partial charge in [-0.2, -0.15) is 8.42 Å². The normalized spacial score (nSPS) is 15.5. The van der Waals surface area contributed by atoms with E-state index in [0.29, 0.717) is 11.8 Å². The molecule has 1 aliphatic heterocycles. The van der Waals surface area contributed by atoms with E-state index in [2.05, 4.69) is 14.7 Å². The summed E-state index contributed by atoms with van der Waals surface area (Å²) in [5, 5.41) is 2.62. The molecule has 2 aromatic rings. The average molecular weight is 324 g/mol. The van der Waals surface area contributed by atoms with Crippen molar-refractivity contribution in [2.75, 3.05) is 17.3 Å². The van der Waals surface area contributed by atoms with Crippen molar-refractivity contribution in [1.82, 2.24) is 4.98 Å². The third-order valence-electron chi connectivity index (χ3n) is 3.07. The summed E-state index contributed by atoms with van der Waals surface area (Å²) in [5.74, 6) is -2.15. The van der Waals surface area contributed by atoms with E-state index in [1.807, 2.05) is 0 Å². The lowest BCUT2D eigenvalue weighted by Crippen LogP contribution is -2.36. The van der Waals surface area contributed by atoms with Crippen LogP contribution in [0.2, 0.25) is 0 Å². The maximum absolute atomic E-state index is 13.7. The first-order chi connectivity index (χ1) is 10.4. The summed E-state index contributed by atoms with van der Waals surface area (Å²) in [6.07, 6.45) is 3.06. The van der Waals surface area contributed by atoms with Crippen molar-refractivity contribution in [3.8, 4) is 0 Å². The van der Waals surface area contributed by atoms with Crippen molar-refractivity contribution in [3.63, 3.8) is 0 Å². The van der Waals surface area contributed by atoms with E-state index in [9.17, 15) is 17.2 Å². The van der Waals surface area contributed by atoms with Gasteiger partial charge in [0, 0.05) is 19.3 Å². The third kappa shape index (κ3) is 2.39. The SMILES string of the molecule is CN(C1=NS(=O)(=O)c2c(F)cc(F)cc2N1)c1cccnc1. The molecular weight excluding hydrogens is 314 g/mol. The number of aromatic nitrogens is 1. The summed E-state index contributed by atoms with van der Waals surface area (Å²) in [4.78, 5) is 4.66. The minimum atomic E-state index is -4.27. The molecule has 0 amide bonds. The molecule has 0 radical (unpaired) electrons. The number of hydrogen-bond donors (Lipinski definition) is 1. The summed E-state index contributed by atoms with van der Waals surface area (Å²) in [6, 6.07) is 4.76. The van der Waals surface area contributed by atoms with Gasteiger partial charge in [0.25, 0.3) is 10.0 Å². The zero-order valence-electron chi connectivity index (χ0n) is 11.3. The van der Waals surface area contributed by atoms with Crippen molar-refractivity contribution >= 4 is 27.4 Å². The standard InChI is InChI=1S/C13H10F2N4O2S/c1-19(9-3-2-4-16-7-9)13-17-11-6-8(14)5-10(15)12(11)22(20,21)18-13/h2-7H,1H3,(H,17,18). The quantitative estimate of drug-likeness (QED) is 0.868. The third-order valence-corrected chi connectivity index (χ3v) is 4.41. The summed E-state index contributed by atoms with van der Waals surface area (Å²) in [5.41, 5.74) is 0.363. The Morgan fingerprint density at radius 3 is 2.73 bits per heavy atom. The lowest BCUT2D eigenvalue weighted by Gasteiger charge is -2.25. The van der Waals surface area contributed by atoms with Crippen LogP contribution in [0.15, 0.2) is 46.0 Å². The van der Waals surface area contributed by atoms with Gasteiger partial charge in [-0.05, 0) is 18.2 Å². The van der Waals surface area contributed by atoms with E-state index in [1.165, 1.54) is 11.1 Å². The van der Waals surface area contributed by atoms with Crippen LogP contribution in [-0.2, 0) is 10.0 Å². The lowest BCUT2D eigenvalue weighted by atomic mass is 10.3. The number of halogens is 2. The number of nitrogens with zero attached hydrogens (tertiary/aromatic N) is 3. The molecule has 114 valence electrons. The fraction of sp³-hybridized carbons (Fsp3) is 0.0769. The number of anilines is 2. The van der Waals surface area contributed by atoms with Gasteiger partial charge < -0.3 is 10.2 Å². The largest absolute Gasteiger partial charge is 0.324 e. The second-order valence-electron chi connectivity index (χ2n) is 4.55. The van der Waals surface area contributed by atoms with Crippen molar-refractivity contribution in [2.45, 2.75) is 4.90 Å². The highest BCUT2D eigenvalue weighted by atomic mass is 32.2. The van der Waals surface area contributed by atoms with Crippen LogP contribution in [0.3, 0.4) is 0 Å². The Labute approximate surface area is 125 Å². The van der Waals surface area contributed by atoms with Crippen molar-refractivity contribution in [3.05, 3.63) is 48.3 Å². The van der Waals surface area contributed by atoms with Gasteiger partial charge in [0.15, 0.2) is 0 Å². The summed E-state index contributed by atoms with van der Waals surface area (Å²) in [7, 11) is -2.72. The smallest absolute Gasteiger partial charge is 0.290 e. The second kappa shape index (κ2) is 5.02. The molecule has 6 nitrogen and oxygen atoms in total. The Balaban J connectivity index is 2.09. The topological polar surface area (TPSA) is 74.7 Å². The van der Waals surface area contributed by atoms with Gasteiger partial charge >= 0.3 is 0 Å². The highest BCUT2D eigenvalue weighted by Gasteiger charge is 2.31. The van der Waals surface area contributed by atoms with Crippen LogP contribution in [0.1, 0.15) is 0 Å². The van der Waals surface area contributed by atoms with E-state index in [4.69, 9.17) is 0 Å². The van der Waals surface area contributed by atoms with E-state index in [1.54, 1.807) is 25.4 Å². The summed E-state index contributed by atoms with van der Waals surface area (Å²) in [6.45, 7) is 0. The zero-order chi connectivity index (χ0) is 15.9. The fourth-order valence-electron chi connectivity index (χ4n) is 2.04. The molecule has 1 aromatic carbocycles. The van der Waals surface area contributed by atoms with E-state index in [0.717, 1.165) is 6.07 Å². The van der Waals surface area contributed by atoms with Gasteiger partial charge in [0.1, 0.15) is 16.5 Å². The van der Waals surface area contributed by atoms with Crippen LogP contribution in [0.4, 0.5) is 20.2 Å². The van der Waals surface area contributed by atoms with Crippen LogP contribution >= 0.6 is 0 Å². The Morgan fingerprint density at radius 1 is 1.27 bits per heavy atom. The van der Waals surface area contributed by atoms with Crippen LogP contribution in [0, 0.1) is 11.6 Å². The van der Waals surface area contributed by atoms with Gasteiger partial charge in [-0.25, -0.2) is 8.78 Å². The summed E-state index contributed by atoms with van der Waals surface area (Å²) >= 11 is 0. The number of guanidine groups is 1. The number of fused-ring (bicyclic) bond motifs is 1. The number of benzene rings is 1. The molecule has 1 aliphatic rings. The molecule has 0 bridgehead atoms. The van der Waals surface area contributed by atoms with Gasteiger partial charge in [-0.1, -0.05) is 0 Å². The van der Waals surface area contributed by atoms with Gasteiger partial charge in [-0.15, -0.1) is 4.40 Å². The number of nitrogens with one attached hydrogen (secondary N) is 1. The molecule has 22 heavy (non-hydrogen) atoms. The Kier molecular flexibility index (Phi) is 3.28. The van der Waals surface area contributed by atoms with E-state index in [-0.39, 0.29) is 11.6 Å². The Bertz CT molecular complexity index is 869. The fourth-order valence-corrected chi connectivity index (χ4v) is 3.22. The first-order valence-corrected chi connectivity index (χ1v) is 7.57. The van der Waals surface area contributed by atoms with E-state index >= 15 is 0 Å². The predicted molar refractivity (Wildman–Crippen MR) is 77.2 cm³/mol. The van der Waals surface area contributed by atoms with Gasteiger partial charge in [0.05, 0.1) is 17.6 Å². The second-order valence-corrected chi connectivity index (χ2v) is 6.09. The first-order valence-electron chi connectivity index (χ1n) is 6.13. The maximum atomic E-state index is 13.7. The molecule has 0 spiro atoms. The maximum Gasteiger partial charge on any atom is 0.290 e. The molecule has 9 heteroatoms. The molecule has 0 aliphatic carbocycles. The number of rotatable bonds is 1. The predicted octanol–water partition coefficient (Wildman–Crippen LogP) is 1.97. The van der Waals surface area contributed by atoms with Gasteiger partial charge in [0.2, 0.25) is 5.96 Å². The van der Waals surface area contributed by atoms with Gasteiger partial charge in [-0.3, -0.25) is 4.98 Å². The molecular formula is C13H10F2N4O2S. The monoisotopic (exact) mass is 324 g/mol. The number of pyridine rings is 1. The van der Waals surface area contributed by atoms with Crippen LogP contribution < -0.4 is 10.2 Å². The molecule has 2 heterocycles. The first kappa shape index (κ1) is 14.4. The highest BCUT2D eigenvalue weighted by molar-refractivity contribution is 7.90. The molecule has 0 unspecified atom stereocenters. The molecule has 1 N–H and O–H groups in total. The lowest BCUT2D eigenvalue weighted by molar-refractivity contribution is 0.551. The van der Waals surface area contributed by atoms with Crippen LogP contribution in [0.25, 0.3) is 0 Å². The average Bonchev–Trinajstić information content (AvgIpc) is 2.45. The van der Waals surface area contributed by atoms with Crippen molar-refractivity contribution in [1.29, 1.82) is 0 Å². The molecule has 0 saturated carbocycles. The Hall–Kier alpha value is -2.55. The zero-order valence-corrected chi connectivity index (χ0v) is 12.1. The minimum absolute atomic E-state index is 0.0782. The molecule has 3 rings (SSSR count). The Morgan fingerprint density at radius 2 is 2.05 bits per heavy atom. The molecule has 1 aromatic heterocycles. The minimum Gasteiger partial charge on any atom is -0.324 e. The number of hydrogen-bond acceptors (Lipinski definition) is 5. The highest BCUT2D eigenvalue weighted by Crippen LogP contribution is 2.31. The van der Waals surface area contributed by atoms with Crippen LogP contribution in [-0.4, -0.2) is 26.4 Å². The molecule has 0 atom stereocenters. The van der Waals surface area contributed by atoms with Crippen LogP contribution in [0.5, 0.6) is 0 Å². The van der Waals surface area contributed by atoms with Crippen molar-refractivity contribution < 1.29 is 17.2 Å².